The number of halogens is 1. The van der Waals surface area contributed by atoms with E-state index in [0.29, 0.717) is 6.54 Å². The van der Waals surface area contributed by atoms with Crippen LogP contribution in [0.5, 0.6) is 0 Å². The smallest absolute Gasteiger partial charge is 0.246 e. The molecule has 0 saturated heterocycles. The van der Waals surface area contributed by atoms with Crippen LogP contribution in [0.4, 0.5) is 11.4 Å². The first-order chi connectivity index (χ1) is 7.63. The maximum absolute atomic E-state index is 11.8. The van der Waals surface area contributed by atoms with Gasteiger partial charge >= 0.3 is 0 Å². The van der Waals surface area contributed by atoms with E-state index < -0.39 is 0 Å². The molecule has 0 aliphatic carbocycles. The van der Waals surface area contributed by atoms with Crippen molar-refractivity contribution in [1.29, 1.82) is 0 Å². The lowest BCUT2D eigenvalue weighted by atomic mass is 10.1. The van der Waals surface area contributed by atoms with E-state index in [1.165, 1.54) is 5.56 Å². The summed E-state index contributed by atoms with van der Waals surface area (Å²) >= 11 is 3.54. The molecule has 1 aromatic carbocycles. The van der Waals surface area contributed by atoms with Crippen LogP contribution in [0, 0.1) is 6.92 Å². The Bertz CT molecular complexity index is 431. The number of carbonyl (C=O) groups is 1. The van der Waals surface area contributed by atoms with Gasteiger partial charge in [0.25, 0.3) is 0 Å². The summed E-state index contributed by atoms with van der Waals surface area (Å²) in [5, 5.41) is 3.16. The van der Waals surface area contributed by atoms with Crippen LogP contribution in [0.25, 0.3) is 0 Å². The standard InChI is InChI=1S/C12H15BrN2O/c1-3-4-15-11(16)7-14-10-6-8(2)5-9(13)12(10)15/h5-6,14H,3-4,7H2,1-2H3. The van der Waals surface area contributed by atoms with Crippen molar-refractivity contribution in [3.63, 3.8) is 0 Å². The van der Waals surface area contributed by atoms with Gasteiger partial charge in [0.05, 0.1) is 17.9 Å². The maximum Gasteiger partial charge on any atom is 0.246 e. The quantitative estimate of drug-likeness (QED) is 0.905. The normalized spacial score (nSPS) is 14.7. The fourth-order valence-electron chi connectivity index (χ4n) is 1.99. The van der Waals surface area contributed by atoms with Gasteiger partial charge in [0.15, 0.2) is 0 Å². The highest BCUT2D eigenvalue weighted by Gasteiger charge is 2.25. The molecule has 1 aliphatic heterocycles. The number of hydrogen-bond acceptors (Lipinski definition) is 2. The molecule has 0 atom stereocenters. The van der Waals surface area contributed by atoms with Gasteiger partial charge in [-0.3, -0.25) is 4.79 Å². The molecule has 1 aromatic rings. The number of aryl methyl sites for hydroxylation is 1. The Morgan fingerprint density at radius 1 is 1.50 bits per heavy atom. The molecule has 0 aromatic heterocycles. The second-order valence-electron chi connectivity index (χ2n) is 4.04. The fraction of sp³-hybridized carbons (Fsp3) is 0.417. The number of carbonyl (C=O) groups excluding carboxylic acids is 1. The van der Waals surface area contributed by atoms with Gasteiger partial charge < -0.3 is 10.2 Å². The molecule has 1 aliphatic rings. The molecule has 1 amide bonds. The number of benzene rings is 1. The van der Waals surface area contributed by atoms with Gasteiger partial charge in [-0.25, -0.2) is 0 Å². The van der Waals surface area contributed by atoms with Crippen molar-refractivity contribution in [2.45, 2.75) is 20.3 Å². The van der Waals surface area contributed by atoms with Gasteiger partial charge in [-0.15, -0.1) is 0 Å². The Morgan fingerprint density at radius 3 is 2.94 bits per heavy atom. The second-order valence-corrected chi connectivity index (χ2v) is 4.90. The third-order valence-electron chi connectivity index (χ3n) is 2.66. The largest absolute Gasteiger partial charge is 0.374 e. The number of fused-ring (bicyclic) bond motifs is 1. The Hall–Kier alpha value is -1.03. The zero-order valence-corrected chi connectivity index (χ0v) is 11.1. The van der Waals surface area contributed by atoms with E-state index >= 15 is 0 Å². The van der Waals surface area contributed by atoms with Crippen molar-refractivity contribution < 1.29 is 4.79 Å². The molecular formula is C12H15BrN2O. The minimum absolute atomic E-state index is 0.138. The Balaban J connectivity index is 2.50. The van der Waals surface area contributed by atoms with E-state index in [1.54, 1.807) is 0 Å². The van der Waals surface area contributed by atoms with Crippen LogP contribution in [-0.2, 0) is 4.79 Å². The minimum Gasteiger partial charge on any atom is -0.374 e. The average molecular weight is 283 g/mol. The molecule has 0 bridgehead atoms. The minimum atomic E-state index is 0.138. The molecule has 0 radical (unpaired) electrons. The summed E-state index contributed by atoms with van der Waals surface area (Å²) in [6.07, 6.45) is 0.964. The first kappa shape index (κ1) is 11.5. The maximum atomic E-state index is 11.8. The summed E-state index contributed by atoms with van der Waals surface area (Å²) in [4.78, 5) is 13.7. The second kappa shape index (κ2) is 4.45. The summed E-state index contributed by atoms with van der Waals surface area (Å²) in [7, 11) is 0. The van der Waals surface area contributed by atoms with Crippen LogP contribution in [0.15, 0.2) is 16.6 Å². The van der Waals surface area contributed by atoms with Crippen molar-refractivity contribution in [2.24, 2.45) is 0 Å². The van der Waals surface area contributed by atoms with Gasteiger partial charge in [0.2, 0.25) is 5.91 Å². The van der Waals surface area contributed by atoms with E-state index in [-0.39, 0.29) is 5.91 Å². The molecule has 86 valence electrons. The molecule has 0 saturated carbocycles. The number of nitrogens with one attached hydrogen (secondary N) is 1. The number of hydrogen-bond donors (Lipinski definition) is 1. The van der Waals surface area contributed by atoms with Gasteiger partial charge in [0.1, 0.15) is 0 Å². The van der Waals surface area contributed by atoms with Crippen molar-refractivity contribution in [1.82, 2.24) is 0 Å². The Kier molecular flexibility index (Phi) is 3.19. The molecular weight excluding hydrogens is 268 g/mol. The van der Waals surface area contributed by atoms with Gasteiger partial charge in [-0.05, 0) is 47.0 Å². The lowest BCUT2D eigenvalue weighted by Gasteiger charge is -2.31. The molecule has 16 heavy (non-hydrogen) atoms. The zero-order chi connectivity index (χ0) is 11.7. The predicted molar refractivity (Wildman–Crippen MR) is 70.0 cm³/mol. The molecule has 2 rings (SSSR count). The average Bonchev–Trinajstić information content (AvgIpc) is 2.22. The summed E-state index contributed by atoms with van der Waals surface area (Å²) in [5.41, 5.74) is 3.20. The number of anilines is 2. The van der Waals surface area contributed by atoms with E-state index in [0.717, 1.165) is 28.8 Å². The molecule has 1 N–H and O–H groups in total. The van der Waals surface area contributed by atoms with Crippen molar-refractivity contribution in [2.75, 3.05) is 23.3 Å². The van der Waals surface area contributed by atoms with Crippen LogP contribution >= 0.6 is 15.9 Å². The summed E-state index contributed by atoms with van der Waals surface area (Å²) in [6.45, 7) is 5.29. The third-order valence-corrected chi connectivity index (χ3v) is 3.26. The highest BCUT2D eigenvalue weighted by Crippen LogP contribution is 2.37. The van der Waals surface area contributed by atoms with Crippen LogP contribution in [0.1, 0.15) is 18.9 Å². The lowest BCUT2D eigenvalue weighted by Crippen LogP contribution is -2.40. The monoisotopic (exact) mass is 282 g/mol. The van der Waals surface area contributed by atoms with Crippen LogP contribution in [0.2, 0.25) is 0 Å². The molecule has 4 heteroatoms. The highest BCUT2D eigenvalue weighted by atomic mass is 79.9. The fourth-order valence-corrected chi connectivity index (χ4v) is 2.78. The Labute approximate surface area is 104 Å². The number of nitrogens with zero attached hydrogens (tertiary/aromatic N) is 1. The molecule has 0 fully saturated rings. The van der Waals surface area contributed by atoms with Crippen molar-refractivity contribution >= 4 is 33.2 Å². The SMILES string of the molecule is CCCN1C(=O)CNc2cc(C)cc(Br)c21. The zero-order valence-electron chi connectivity index (χ0n) is 9.51. The van der Waals surface area contributed by atoms with Crippen molar-refractivity contribution in [3.8, 4) is 0 Å². The molecule has 0 spiro atoms. The number of rotatable bonds is 2. The van der Waals surface area contributed by atoms with E-state index in [1.807, 2.05) is 17.9 Å². The van der Waals surface area contributed by atoms with Crippen LogP contribution < -0.4 is 10.2 Å². The van der Waals surface area contributed by atoms with Gasteiger partial charge in [-0.2, -0.15) is 0 Å². The third kappa shape index (κ3) is 1.94. The molecule has 3 nitrogen and oxygen atoms in total. The number of amides is 1. The molecule has 1 heterocycles. The first-order valence-electron chi connectivity index (χ1n) is 5.48. The summed E-state index contributed by atoms with van der Waals surface area (Å²) in [5.74, 6) is 0.138. The van der Waals surface area contributed by atoms with E-state index in [2.05, 4.69) is 34.2 Å². The Morgan fingerprint density at radius 2 is 2.25 bits per heavy atom. The van der Waals surface area contributed by atoms with Gasteiger partial charge in [0, 0.05) is 11.0 Å². The summed E-state index contributed by atoms with van der Waals surface area (Å²) in [6, 6.07) is 4.12. The van der Waals surface area contributed by atoms with E-state index in [9.17, 15) is 4.79 Å². The highest BCUT2D eigenvalue weighted by molar-refractivity contribution is 9.10. The first-order valence-corrected chi connectivity index (χ1v) is 6.27. The van der Waals surface area contributed by atoms with Crippen LogP contribution in [0.3, 0.4) is 0 Å². The lowest BCUT2D eigenvalue weighted by molar-refractivity contribution is -0.117. The topological polar surface area (TPSA) is 32.3 Å². The van der Waals surface area contributed by atoms with Crippen LogP contribution in [-0.4, -0.2) is 19.0 Å². The van der Waals surface area contributed by atoms with Gasteiger partial charge in [-0.1, -0.05) is 6.92 Å². The predicted octanol–water partition coefficient (Wildman–Crippen LogP) is 2.93. The van der Waals surface area contributed by atoms with Crippen molar-refractivity contribution in [3.05, 3.63) is 22.2 Å². The summed E-state index contributed by atoms with van der Waals surface area (Å²) < 4.78 is 0.983. The molecule has 0 unspecified atom stereocenters. The van der Waals surface area contributed by atoms with E-state index in [4.69, 9.17) is 0 Å².